The van der Waals surface area contributed by atoms with Crippen molar-refractivity contribution >= 4 is 32.3 Å². The number of para-hydroxylation sites is 2. The van der Waals surface area contributed by atoms with Gasteiger partial charge in [-0.3, -0.25) is 14.7 Å². The molecule has 34 heavy (non-hydrogen) atoms. The molecule has 0 aliphatic rings. The fraction of sp³-hybridized carbons (Fsp3) is 0.154. The average Bonchev–Trinajstić information content (AvgIpc) is 2.82. The number of benzene rings is 2. The van der Waals surface area contributed by atoms with Crippen LogP contribution in [0.2, 0.25) is 0 Å². The molecule has 0 unspecified atom stereocenters. The van der Waals surface area contributed by atoms with Gasteiger partial charge in [-0.25, -0.2) is 8.42 Å². The molecule has 0 saturated carbocycles. The molecule has 0 fully saturated rings. The smallest absolute Gasteiger partial charge is 0.264 e. The van der Waals surface area contributed by atoms with Crippen LogP contribution in [0.3, 0.4) is 0 Å². The van der Waals surface area contributed by atoms with E-state index in [1.807, 2.05) is 38.1 Å². The van der Waals surface area contributed by atoms with Gasteiger partial charge >= 0.3 is 0 Å². The fourth-order valence-electron chi connectivity index (χ4n) is 3.55. The van der Waals surface area contributed by atoms with Gasteiger partial charge in [-0.15, -0.1) is 0 Å². The lowest BCUT2D eigenvalue weighted by atomic mass is 10.1. The van der Waals surface area contributed by atoms with E-state index >= 15 is 0 Å². The summed E-state index contributed by atoms with van der Waals surface area (Å²) in [5, 5.41) is 0.752. The molecule has 8 heteroatoms. The molecule has 0 aliphatic heterocycles. The van der Waals surface area contributed by atoms with Crippen LogP contribution >= 0.6 is 0 Å². The lowest BCUT2D eigenvalue weighted by Gasteiger charge is -2.16. The SMILES string of the molecule is COc1cc(C)ncc1C#Cc1ccccc1NS(=O)(=O)c1cccc2c(N(C)C)ccnc12. The van der Waals surface area contributed by atoms with Gasteiger partial charge in [0.25, 0.3) is 10.0 Å². The predicted molar refractivity (Wildman–Crippen MR) is 135 cm³/mol. The van der Waals surface area contributed by atoms with Gasteiger partial charge in [-0.1, -0.05) is 36.1 Å². The first kappa shape index (κ1) is 23.1. The van der Waals surface area contributed by atoms with E-state index in [0.717, 1.165) is 16.8 Å². The summed E-state index contributed by atoms with van der Waals surface area (Å²) < 4.78 is 34.9. The largest absolute Gasteiger partial charge is 0.495 e. The summed E-state index contributed by atoms with van der Waals surface area (Å²) in [4.78, 5) is 10.6. The quantitative estimate of drug-likeness (QED) is 0.438. The number of sulfonamides is 1. The molecule has 0 radical (unpaired) electrons. The number of aryl methyl sites for hydroxylation is 1. The van der Waals surface area contributed by atoms with Crippen LogP contribution in [0.1, 0.15) is 16.8 Å². The van der Waals surface area contributed by atoms with E-state index in [2.05, 4.69) is 26.5 Å². The lowest BCUT2D eigenvalue weighted by Crippen LogP contribution is -2.15. The number of pyridine rings is 2. The normalized spacial score (nSPS) is 10.9. The van der Waals surface area contributed by atoms with Crippen molar-refractivity contribution in [3.63, 3.8) is 0 Å². The van der Waals surface area contributed by atoms with E-state index in [9.17, 15) is 8.42 Å². The van der Waals surface area contributed by atoms with E-state index < -0.39 is 10.0 Å². The molecule has 7 nitrogen and oxygen atoms in total. The van der Waals surface area contributed by atoms with Crippen LogP contribution in [0, 0.1) is 18.8 Å². The summed E-state index contributed by atoms with van der Waals surface area (Å²) >= 11 is 0. The summed E-state index contributed by atoms with van der Waals surface area (Å²) in [5.41, 5.74) is 3.61. The van der Waals surface area contributed by atoms with Crippen LogP contribution in [0.5, 0.6) is 5.75 Å². The van der Waals surface area contributed by atoms with Crippen LogP contribution in [0.15, 0.2) is 71.9 Å². The van der Waals surface area contributed by atoms with Gasteiger partial charge in [-0.2, -0.15) is 0 Å². The monoisotopic (exact) mass is 472 g/mol. The standard InChI is InChI=1S/C26H24N4O3S/c1-18-16-24(33-4)20(17-28-18)13-12-19-8-5-6-10-22(19)29-34(31,32)25-11-7-9-21-23(30(2)3)14-15-27-26(21)25/h5-11,14-17,29H,1-4H3. The molecule has 4 aromatic rings. The number of nitrogens with zero attached hydrogens (tertiary/aromatic N) is 3. The van der Waals surface area contributed by atoms with Crippen LogP contribution < -0.4 is 14.4 Å². The molecular weight excluding hydrogens is 448 g/mol. The third-order valence-electron chi connectivity index (χ3n) is 5.21. The summed E-state index contributed by atoms with van der Waals surface area (Å²) in [5.74, 6) is 6.68. The van der Waals surface area contributed by atoms with Gasteiger partial charge in [0.2, 0.25) is 0 Å². The lowest BCUT2D eigenvalue weighted by molar-refractivity contribution is 0.412. The van der Waals surface area contributed by atoms with Crippen molar-refractivity contribution in [2.24, 2.45) is 0 Å². The number of fused-ring (bicyclic) bond motifs is 1. The second-order valence-electron chi connectivity index (χ2n) is 7.80. The molecule has 2 aromatic carbocycles. The zero-order valence-electron chi connectivity index (χ0n) is 19.3. The van der Waals surface area contributed by atoms with E-state index in [0.29, 0.717) is 28.1 Å². The molecule has 172 valence electrons. The first-order valence-electron chi connectivity index (χ1n) is 10.5. The first-order valence-corrected chi connectivity index (χ1v) is 12.0. The number of ether oxygens (including phenoxy) is 1. The Morgan fingerprint density at radius 1 is 0.971 bits per heavy atom. The Labute approximate surface area is 199 Å². The highest BCUT2D eigenvalue weighted by molar-refractivity contribution is 7.93. The van der Waals surface area contributed by atoms with Gasteiger partial charge in [0.05, 0.1) is 23.9 Å². The number of rotatable bonds is 5. The molecular formula is C26H24N4O3S. The molecule has 4 rings (SSSR count). The fourth-order valence-corrected chi connectivity index (χ4v) is 4.81. The third kappa shape index (κ3) is 4.65. The summed E-state index contributed by atoms with van der Waals surface area (Å²) in [6.07, 6.45) is 3.25. The van der Waals surface area contributed by atoms with E-state index in [1.165, 1.54) is 0 Å². The highest BCUT2D eigenvalue weighted by Gasteiger charge is 2.20. The zero-order chi connectivity index (χ0) is 24.3. The van der Waals surface area contributed by atoms with E-state index in [-0.39, 0.29) is 4.90 Å². The van der Waals surface area contributed by atoms with Crippen molar-refractivity contribution in [2.75, 3.05) is 30.8 Å². The molecule has 0 aliphatic carbocycles. The van der Waals surface area contributed by atoms with Gasteiger partial charge in [0.15, 0.2) is 0 Å². The summed E-state index contributed by atoms with van der Waals surface area (Å²) in [7, 11) is 1.44. The van der Waals surface area contributed by atoms with Crippen molar-refractivity contribution in [3.05, 3.63) is 83.8 Å². The Hall–Kier alpha value is -4.09. The number of nitrogens with one attached hydrogen (secondary N) is 1. The van der Waals surface area contributed by atoms with E-state index in [1.54, 1.807) is 62.0 Å². The maximum atomic E-state index is 13.4. The zero-order valence-corrected chi connectivity index (χ0v) is 20.1. The minimum absolute atomic E-state index is 0.0980. The summed E-state index contributed by atoms with van der Waals surface area (Å²) in [6.45, 7) is 1.87. The van der Waals surface area contributed by atoms with Crippen molar-refractivity contribution in [3.8, 4) is 17.6 Å². The molecule has 2 aromatic heterocycles. The van der Waals surface area contributed by atoms with Crippen molar-refractivity contribution < 1.29 is 13.2 Å². The topological polar surface area (TPSA) is 84.4 Å². The molecule has 0 atom stereocenters. The maximum absolute atomic E-state index is 13.4. The molecule has 0 saturated heterocycles. The van der Waals surface area contributed by atoms with Gasteiger partial charge in [0, 0.05) is 54.9 Å². The minimum Gasteiger partial charge on any atom is -0.495 e. The van der Waals surface area contributed by atoms with Crippen LogP contribution in [-0.4, -0.2) is 39.6 Å². The highest BCUT2D eigenvalue weighted by Crippen LogP contribution is 2.30. The first-order chi connectivity index (χ1) is 16.3. The van der Waals surface area contributed by atoms with Crippen LogP contribution in [0.4, 0.5) is 11.4 Å². The van der Waals surface area contributed by atoms with Crippen LogP contribution in [-0.2, 0) is 10.0 Å². The van der Waals surface area contributed by atoms with Crippen molar-refractivity contribution in [2.45, 2.75) is 11.8 Å². The molecule has 0 bridgehead atoms. The molecule has 2 heterocycles. The number of hydrogen-bond acceptors (Lipinski definition) is 6. The van der Waals surface area contributed by atoms with Gasteiger partial charge < -0.3 is 9.64 Å². The number of anilines is 2. The Bertz CT molecular complexity index is 1540. The van der Waals surface area contributed by atoms with Crippen molar-refractivity contribution in [1.29, 1.82) is 0 Å². The highest BCUT2D eigenvalue weighted by atomic mass is 32.2. The molecule has 0 amide bonds. The number of aromatic nitrogens is 2. The second-order valence-corrected chi connectivity index (χ2v) is 9.45. The average molecular weight is 473 g/mol. The van der Waals surface area contributed by atoms with Crippen molar-refractivity contribution in [1.82, 2.24) is 9.97 Å². The maximum Gasteiger partial charge on any atom is 0.264 e. The Morgan fingerprint density at radius 3 is 2.50 bits per heavy atom. The van der Waals surface area contributed by atoms with Crippen LogP contribution in [0.25, 0.3) is 10.9 Å². The summed E-state index contributed by atoms with van der Waals surface area (Å²) in [6, 6.07) is 15.8. The number of hydrogen-bond donors (Lipinski definition) is 1. The Kier molecular flexibility index (Phi) is 6.39. The Morgan fingerprint density at radius 2 is 1.74 bits per heavy atom. The van der Waals surface area contributed by atoms with Gasteiger partial charge in [0.1, 0.15) is 10.6 Å². The number of methoxy groups -OCH3 is 1. The second kappa shape index (κ2) is 9.41. The Balaban J connectivity index is 1.74. The molecule has 0 spiro atoms. The minimum atomic E-state index is -3.94. The third-order valence-corrected chi connectivity index (χ3v) is 6.61. The predicted octanol–water partition coefficient (Wildman–Crippen LogP) is 4.21. The van der Waals surface area contributed by atoms with Gasteiger partial charge in [-0.05, 0) is 31.2 Å². The van der Waals surface area contributed by atoms with E-state index in [4.69, 9.17) is 4.74 Å². The molecule has 1 N–H and O–H groups in total.